The number of nitrogens with one attached hydrogen (secondary N) is 1. The Morgan fingerprint density at radius 1 is 1.42 bits per heavy atom. The van der Waals surface area contributed by atoms with Gasteiger partial charge in [-0.2, -0.15) is 0 Å². The Labute approximate surface area is 74.4 Å². The lowest BCUT2D eigenvalue weighted by atomic mass is 10.4. The zero-order chi connectivity index (χ0) is 9.40. The molecular weight excluding hydrogens is 148 g/mol. The van der Waals surface area contributed by atoms with Gasteiger partial charge in [0, 0.05) is 11.9 Å². The van der Waals surface area contributed by atoms with E-state index in [1.807, 2.05) is 32.9 Å². The normalized spacial score (nSPS) is 13.6. The van der Waals surface area contributed by atoms with E-state index in [-0.39, 0.29) is 0 Å². The Hall–Kier alpha value is -1.31. The summed E-state index contributed by atoms with van der Waals surface area (Å²) in [6, 6.07) is 0. The van der Waals surface area contributed by atoms with Gasteiger partial charge in [-0.15, -0.1) is 0 Å². The Kier molecular flexibility index (Phi) is 5.70. The highest BCUT2D eigenvalue weighted by atomic mass is 15.0. The summed E-state index contributed by atoms with van der Waals surface area (Å²) < 4.78 is 0. The third-order valence-electron chi connectivity index (χ3n) is 1.23. The second kappa shape index (κ2) is 6.40. The fraction of sp³-hybridized carbons (Fsp3) is 0.300. The van der Waals surface area contributed by atoms with E-state index in [0.29, 0.717) is 0 Å². The molecule has 0 radical (unpaired) electrons. The largest absolute Gasteiger partial charge is 0.344 e. The lowest BCUT2D eigenvalue weighted by Crippen LogP contribution is -2.08. The molecule has 0 saturated carbocycles. The minimum Gasteiger partial charge on any atom is -0.344 e. The highest BCUT2D eigenvalue weighted by Gasteiger charge is 1.89. The first-order valence-corrected chi connectivity index (χ1v) is 3.96. The predicted molar refractivity (Wildman–Crippen MR) is 55.0 cm³/mol. The molecule has 0 aliphatic heterocycles. The third kappa shape index (κ3) is 4.50. The van der Waals surface area contributed by atoms with Crippen molar-refractivity contribution in [2.75, 3.05) is 0 Å². The first-order chi connectivity index (χ1) is 5.74. The van der Waals surface area contributed by atoms with Crippen LogP contribution in [0, 0.1) is 0 Å². The lowest BCUT2D eigenvalue weighted by Gasteiger charge is -2.04. The smallest absolute Gasteiger partial charge is 0.125 e. The Balaban J connectivity index is 4.22. The number of aliphatic imine (C=N–C) groups is 1. The number of nitrogens with zero attached hydrogens (tertiary/aromatic N) is 1. The predicted octanol–water partition coefficient (Wildman–Crippen LogP) is 2.62. The van der Waals surface area contributed by atoms with E-state index in [0.717, 1.165) is 11.5 Å². The van der Waals surface area contributed by atoms with Crippen LogP contribution in [0.3, 0.4) is 0 Å². The van der Waals surface area contributed by atoms with E-state index < -0.39 is 0 Å². The molecule has 0 aromatic rings. The van der Waals surface area contributed by atoms with Gasteiger partial charge in [-0.05, 0) is 32.9 Å². The third-order valence-corrected chi connectivity index (χ3v) is 1.23. The molecule has 0 unspecified atom stereocenters. The number of hydrogen-bond donors (Lipinski definition) is 1. The fourth-order valence-corrected chi connectivity index (χ4v) is 0.739. The molecule has 0 aliphatic rings. The topological polar surface area (TPSA) is 24.4 Å². The molecule has 0 aromatic carbocycles. The molecule has 0 aliphatic carbocycles. The summed E-state index contributed by atoms with van der Waals surface area (Å²) in [5.74, 6) is 0.855. The molecule has 0 spiro atoms. The summed E-state index contributed by atoms with van der Waals surface area (Å²) in [6.45, 7) is 9.40. The molecule has 0 heterocycles. The molecule has 2 heteroatoms. The maximum absolute atomic E-state index is 4.11. The first-order valence-electron chi connectivity index (χ1n) is 3.96. The zero-order valence-electron chi connectivity index (χ0n) is 7.96. The van der Waals surface area contributed by atoms with E-state index in [2.05, 4.69) is 16.9 Å². The van der Waals surface area contributed by atoms with E-state index in [9.17, 15) is 0 Å². The van der Waals surface area contributed by atoms with E-state index in [1.54, 1.807) is 12.3 Å². The molecule has 66 valence electrons. The van der Waals surface area contributed by atoms with Crippen LogP contribution in [0.5, 0.6) is 0 Å². The SMILES string of the molecule is C=C/C=C(\C)NC(=C\C)/N=C\C. The number of allylic oxidation sites excluding steroid dienone is 4. The van der Waals surface area contributed by atoms with Crippen LogP contribution in [-0.4, -0.2) is 6.21 Å². The van der Waals surface area contributed by atoms with Crippen molar-refractivity contribution in [3.63, 3.8) is 0 Å². The zero-order valence-corrected chi connectivity index (χ0v) is 7.96. The quantitative estimate of drug-likeness (QED) is 0.501. The maximum Gasteiger partial charge on any atom is 0.125 e. The average molecular weight is 164 g/mol. The van der Waals surface area contributed by atoms with Crippen molar-refractivity contribution >= 4 is 6.21 Å². The van der Waals surface area contributed by atoms with Gasteiger partial charge in [0.15, 0.2) is 0 Å². The van der Waals surface area contributed by atoms with Crippen LogP contribution in [0.15, 0.2) is 41.3 Å². The van der Waals surface area contributed by atoms with Gasteiger partial charge in [0.2, 0.25) is 0 Å². The van der Waals surface area contributed by atoms with Crippen molar-refractivity contribution in [2.45, 2.75) is 20.8 Å². The van der Waals surface area contributed by atoms with Crippen LogP contribution in [-0.2, 0) is 0 Å². The standard InChI is InChI=1S/C10H16N2/c1-5-8-9(4)12-10(6-2)11-7-3/h5-8,12H,1H2,2-4H3/b9-8+,10-6-,11-7-. The molecular formula is C10H16N2. The molecule has 0 atom stereocenters. The van der Waals surface area contributed by atoms with Gasteiger partial charge in [0.1, 0.15) is 5.82 Å². The summed E-state index contributed by atoms with van der Waals surface area (Å²) in [5, 5.41) is 3.12. The van der Waals surface area contributed by atoms with Crippen LogP contribution in [0.2, 0.25) is 0 Å². The Morgan fingerprint density at radius 3 is 2.50 bits per heavy atom. The molecule has 0 saturated heterocycles. The van der Waals surface area contributed by atoms with Crippen molar-refractivity contribution in [3.05, 3.63) is 36.3 Å². The Morgan fingerprint density at radius 2 is 2.08 bits per heavy atom. The summed E-state index contributed by atoms with van der Waals surface area (Å²) >= 11 is 0. The van der Waals surface area contributed by atoms with Gasteiger partial charge in [-0.25, -0.2) is 4.99 Å². The van der Waals surface area contributed by atoms with E-state index in [4.69, 9.17) is 0 Å². The van der Waals surface area contributed by atoms with Gasteiger partial charge < -0.3 is 5.32 Å². The lowest BCUT2D eigenvalue weighted by molar-refractivity contribution is 0.945. The monoisotopic (exact) mass is 164 g/mol. The molecule has 2 nitrogen and oxygen atoms in total. The summed E-state index contributed by atoms with van der Waals surface area (Å²) in [6.07, 6.45) is 7.31. The van der Waals surface area contributed by atoms with Crippen molar-refractivity contribution in [1.82, 2.24) is 5.32 Å². The van der Waals surface area contributed by atoms with Gasteiger partial charge in [0.25, 0.3) is 0 Å². The van der Waals surface area contributed by atoms with Gasteiger partial charge in [-0.1, -0.05) is 12.7 Å². The van der Waals surface area contributed by atoms with Gasteiger partial charge in [-0.3, -0.25) is 0 Å². The molecule has 0 fully saturated rings. The second-order valence-electron chi connectivity index (χ2n) is 2.27. The average Bonchev–Trinajstić information content (AvgIpc) is 2.04. The van der Waals surface area contributed by atoms with E-state index >= 15 is 0 Å². The van der Waals surface area contributed by atoms with Crippen LogP contribution in [0.1, 0.15) is 20.8 Å². The summed E-state index contributed by atoms with van der Waals surface area (Å²) in [7, 11) is 0. The van der Waals surface area contributed by atoms with E-state index in [1.165, 1.54) is 0 Å². The molecule has 12 heavy (non-hydrogen) atoms. The van der Waals surface area contributed by atoms with Crippen LogP contribution in [0.4, 0.5) is 0 Å². The number of rotatable bonds is 4. The van der Waals surface area contributed by atoms with Gasteiger partial charge in [0.05, 0.1) is 0 Å². The van der Waals surface area contributed by atoms with Gasteiger partial charge >= 0.3 is 0 Å². The molecule has 0 bridgehead atoms. The minimum absolute atomic E-state index is 0.855. The molecule has 0 amide bonds. The van der Waals surface area contributed by atoms with Crippen LogP contribution < -0.4 is 5.32 Å². The highest BCUT2D eigenvalue weighted by molar-refractivity contribution is 5.55. The number of hydrogen-bond acceptors (Lipinski definition) is 2. The summed E-state index contributed by atoms with van der Waals surface area (Å²) in [5.41, 5.74) is 1.03. The fourth-order valence-electron chi connectivity index (χ4n) is 0.739. The first kappa shape index (κ1) is 10.7. The molecule has 0 rings (SSSR count). The maximum atomic E-state index is 4.11. The molecule has 0 aromatic heterocycles. The van der Waals surface area contributed by atoms with Crippen molar-refractivity contribution in [2.24, 2.45) is 4.99 Å². The Bertz CT molecular complexity index is 222. The minimum atomic E-state index is 0.855. The molecule has 1 N–H and O–H groups in total. The highest BCUT2D eigenvalue weighted by Crippen LogP contribution is 1.96. The van der Waals surface area contributed by atoms with Crippen LogP contribution in [0.25, 0.3) is 0 Å². The van der Waals surface area contributed by atoms with Crippen molar-refractivity contribution in [1.29, 1.82) is 0 Å². The summed E-state index contributed by atoms with van der Waals surface area (Å²) in [4.78, 5) is 4.11. The van der Waals surface area contributed by atoms with Crippen molar-refractivity contribution < 1.29 is 0 Å². The van der Waals surface area contributed by atoms with Crippen LogP contribution >= 0.6 is 0 Å². The van der Waals surface area contributed by atoms with Crippen molar-refractivity contribution in [3.8, 4) is 0 Å². The second-order valence-corrected chi connectivity index (χ2v) is 2.27.